The van der Waals surface area contributed by atoms with Gasteiger partial charge in [0.1, 0.15) is 5.82 Å². The van der Waals surface area contributed by atoms with Crippen LogP contribution in [-0.2, 0) is 6.54 Å². The van der Waals surface area contributed by atoms with Crippen LogP contribution in [0.5, 0.6) is 0 Å². The van der Waals surface area contributed by atoms with Crippen molar-refractivity contribution in [1.29, 1.82) is 0 Å². The lowest BCUT2D eigenvalue weighted by Gasteiger charge is -2.18. The smallest absolute Gasteiger partial charge is 0.336 e. The van der Waals surface area contributed by atoms with Crippen LogP contribution in [0.25, 0.3) is 0 Å². The van der Waals surface area contributed by atoms with Gasteiger partial charge in [-0.2, -0.15) is 0 Å². The molecule has 1 saturated heterocycles. The van der Waals surface area contributed by atoms with Crippen LogP contribution in [0.2, 0.25) is 0 Å². The molecular formula is C15H20FNO2. The van der Waals surface area contributed by atoms with Gasteiger partial charge in [0.15, 0.2) is 0 Å². The third-order valence-corrected chi connectivity index (χ3v) is 3.94. The Morgan fingerprint density at radius 2 is 2.26 bits per heavy atom. The number of benzene rings is 1. The maximum atomic E-state index is 13.3. The predicted octanol–water partition coefficient (Wildman–Crippen LogP) is 3.00. The van der Waals surface area contributed by atoms with Crippen molar-refractivity contribution in [2.45, 2.75) is 26.8 Å². The summed E-state index contributed by atoms with van der Waals surface area (Å²) in [5.41, 5.74) is 0.770. The van der Waals surface area contributed by atoms with Gasteiger partial charge in [0.25, 0.3) is 0 Å². The van der Waals surface area contributed by atoms with E-state index in [1.54, 1.807) is 0 Å². The molecule has 1 aliphatic rings. The minimum Gasteiger partial charge on any atom is -0.478 e. The number of carbonyl (C=O) groups is 1. The molecule has 19 heavy (non-hydrogen) atoms. The van der Waals surface area contributed by atoms with E-state index in [9.17, 15) is 9.18 Å². The fraction of sp³-hybridized carbons (Fsp3) is 0.533. The van der Waals surface area contributed by atoms with Crippen LogP contribution in [0.3, 0.4) is 0 Å². The molecule has 0 aliphatic carbocycles. The average molecular weight is 265 g/mol. The zero-order valence-electron chi connectivity index (χ0n) is 11.4. The zero-order chi connectivity index (χ0) is 14.0. The molecule has 1 atom stereocenters. The summed E-state index contributed by atoms with van der Waals surface area (Å²) in [4.78, 5) is 13.4. The van der Waals surface area contributed by atoms with E-state index >= 15 is 0 Å². The summed E-state index contributed by atoms with van der Waals surface area (Å²) in [6, 6.07) is 3.89. The lowest BCUT2D eigenvalue weighted by Crippen LogP contribution is -2.22. The van der Waals surface area contributed by atoms with Gasteiger partial charge in [-0.25, -0.2) is 9.18 Å². The summed E-state index contributed by atoms with van der Waals surface area (Å²) in [6.07, 6.45) is 1.13. The quantitative estimate of drug-likeness (QED) is 0.909. The number of hydrogen-bond donors (Lipinski definition) is 1. The van der Waals surface area contributed by atoms with Crippen LogP contribution in [0.1, 0.15) is 36.2 Å². The molecular weight excluding hydrogens is 245 g/mol. The van der Waals surface area contributed by atoms with Crippen molar-refractivity contribution in [3.05, 3.63) is 35.1 Å². The first-order valence-electron chi connectivity index (χ1n) is 6.71. The maximum Gasteiger partial charge on any atom is 0.336 e. The zero-order valence-corrected chi connectivity index (χ0v) is 11.4. The first-order chi connectivity index (χ1) is 8.97. The van der Waals surface area contributed by atoms with Crippen LogP contribution < -0.4 is 0 Å². The summed E-state index contributed by atoms with van der Waals surface area (Å²) in [7, 11) is 0. The SMILES string of the molecule is CC(C)C1CCN(Cc2cc(F)ccc2C(=O)O)C1. The predicted molar refractivity (Wildman–Crippen MR) is 71.6 cm³/mol. The maximum absolute atomic E-state index is 13.3. The highest BCUT2D eigenvalue weighted by Crippen LogP contribution is 2.25. The van der Waals surface area contributed by atoms with Crippen LogP contribution in [-0.4, -0.2) is 29.1 Å². The highest BCUT2D eigenvalue weighted by Gasteiger charge is 2.25. The Balaban J connectivity index is 2.11. The third-order valence-electron chi connectivity index (χ3n) is 3.94. The topological polar surface area (TPSA) is 40.5 Å². The summed E-state index contributed by atoms with van der Waals surface area (Å²) < 4.78 is 13.3. The van der Waals surface area contributed by atoms with Crippen molar-refractivity contribution in [1.82, 2.24) is 4.90 Å². The second kappa shape index (κ2) is 5.70. The number of carboxylic acid groups (broad SMARTS) is 1. The van der Waals surface area contributed by atoms with Crippen molar-refractivity contribution in [3.63, 3.8) is 0 Å². The van der Waals surface area contributed by atoms with Gasteiger partial charge in [-0.1, -0.05) is 13.8 Å². The van der Waals surface area contributed by atoms with Crippen molar-refractivity contribution in [2.24, 2.45) is 11.8 Å². The molecule has 104 valence electrons. The molecule has 2 rings (SSSR count). The number of rotatable bonds is 4. The van der Waals surface area contributed by atoms with E-state index in [0.717, 1.165) is 19.5 Å². The van der Waals surface area contributed by atoms with Crippen LogP contribution >= 0.6 is 0 Å². The van der Waals surface area contributed by atoms with E-state index in [1.165, 1.54) is 18.2 Å². The third kappa shape index (κ3) is 3.32. The van der Waals surface area contributed by atoms with E-state index < -0.39 is 5.97 Å². The number of likely N-dealkylation sites (tertiary alicyclic amines) is 1. The first kappa shape index (κ1) is 14.0. The number of nitrogens with zero attached hydrogens (tertiary/aromatic N) is 1. The average Bonchev–Trinajstić information content (AvgIpc) is 2.77. The Bertz CT molecular complexity index is 473. The molecule has 1 unspecified atom stereocenters. The second-order valence-corrected chi connectivity index (χ2v) is 5.63. The Morgan fingerprint density at radius 1 is 1.53 bits per heavy atom. The first-order valence-corrected chi connectivity index (χ1v) is 6.71. The highest BCUT2D eigenvalue weighted by molar-refractivity contribution is 5.89. The highest BCUT2D eigenvalue weighted by atomic mass is 19.1. The molecule has 4 heteroatoms. The lowest BCUT2D eigenvalue weighted by atomic mass is 9.95. The van der Waals surface area contributed by atoms with Crippen molar-refractivity contribution >= 4 is 5.97 Å². The number of halogens is 1. The van der Waals surface area contributed by atoms with Crippen molar-refractivity contribution < 1.29 is 14.3 Å². The van der Waals surface area contributed by atoms with E-state index in [0.29, 0.717) is 23.9 Å². The second-order valence-electron chi connectivity index (χ2n) is 5.63. The molecule has 1 aromatic rings. The van der Waals surface area contributed by atoms with Gasteiger partial charge < -0.3 is 5.11 Å². The molecule has 0 amide bonds. The molecule has 1 heterocycles. The number of aromatic carboxylic acids is 1. The van der Waals surface area contributed by atoms with Gasteiger partial charge in [-0.3, -0.25) is 4.90 Å². The minimum atomic E-state index is -0.991. The Hall–Kier alpha value is -1.42. The van der Waals surface area contributed by atoms with Gasteiger partial charge in [-0.15, -0.1) is 0 Å². The molecule has 1 N–H and O–H groups in total. The van der Waals surface area contributed by atoms with Gasteiger partial charge in [0.2, 0.25) is 0 Å². The molecule has 0 saturated carbocycles. The van der Waals surface area contributed by atoms with Gasteiger partial charge >= 0.3 is 5.97 Å². The summed E-state index contributed by atoms with van der Waals surface area (Å²) in [6.45, 7) is 6.85. The molecule has 1 aliphatic heterocycles. The molecule has 0 radical (unpaired) electrons. The number of carboxylic acids is 1. The van der Waals surface area contributed by atoms with E-state index in [-0.39, 0.29) is 11.4 Å². The van der Waals surface area contributed by atoms with Crippen molar-refractivity contribution in [3.8, 4) is 0 Å². The Labute approximate surface area is 113 Å². The van der Waals surface area contributed by atoms with Gasteiger partial charge in [-0.05, 0) is 48.6 Å². The summed E-state index contributed by atoms with van der Waals surface area (Å²) in [5, 5.41) is 9.13. The van der Waals surface area contributed by atoms with Crippen LogP contribution in [0.4, 0.5) is 4.39 Å². The molecule has 0 spiro atoms. The summed E-state index contributed by atoms with van der Waals surface area (Å²) in [5.74, 6) is -0.0764. The Morgan fingerprint density at radius 3 is 2.84 bits per heavy atom. The van der Waals surface area contributed by atoms with Crippen LogP contribution in [0, 0.1) is 17.7 Å². The van der Waals surface area contributed by atoms with Gasteiger partial charge in [0, 0.05) is 13.1 Å². The fourth-order valence-electron chi connectivity index (χ4n) is 2.69. The standard InChI is InChI=1S/C15H20FNO2/c1-10(2)11-5-6-17(8-11)9-12-7-13(16)3-4-14(12)15(18)19/h3-4,7,10-11H,5-6,8-9H2,1-2H3,(H,18,19). The lowest BCUT2D eigenvalue weighted by molar-refractivity contribution is 0.0694. The van der Waals surface area contributed by atoms with E-state index in [1.807, 2.05) is 0 Å². The number of hydrogen-bond acceptors (Lipinski definition) is 2. The normalized spacial score (nSPS) is 20.1. The van der Waals surface area contributed by atoms with E-state index in [2.05, 4.69) is 18.7 Å². The summed E-state index contributed by atoms with van der Waals surface area (Å²) >= 11 is 0. The molecule has 0 bridgehead atoms. The fourth-order valence-corrected chi connectivity index (χ4v) is 2.69. The molecule has 3 nitrogen and oxygen atoms in total. The van der Waals surface area contributed by atoms with Gasteiger partial charge in [0.05, 0.1) is 5.56 Å². The van der Waals surface area contributed by atoms with E-state index in [4.69, 9.17) is 5.11 Å². The monoisotopic (exact) mass is 265 g/mol. The largest absolute Gasteiger partial charge is 0.478 e. The Kier molecular flexibility index (Phi) is 4.20. The molecule has 1 fully saturated rings. The molecule has 0 aromatic heterocycles. The van der Waals surface area contributed by atoms with Crippen molar-refractivity contribution in [2.75, 3.05) is 13.1 Å². The minimum absolute atomic E-state index is 0.203. The molecule has 1 aromatic carbocycles. The van der Waals surface area contributed by atoms with Crippen LogP contribution in [0.15, 0.2) is 18.2 Å².